The summed E-state index contributed by atoms with van der Waals surface area (Å²) in [4.78, 5) is 23.8. The molecule has 2 amide bonds. The zero-order valence-electron chi connectivity index (χ0n) is 10.5. The van der Waals surface area contributed by atoms with Crippen molar-refractivity contribution in [1.82, 2.24) is 10.2 Å². The lowest BCUT2D eigenvalue weighted by Gasteiger charge is -2.31. The minimum Gasteiger partial charge on any atom is -0.480 e. The van der Waals surface area contributed by atoms with E-state index in [1.807, 2.05) is 0 Å². The van der Waals surface area contributed by atoms with Gasteiger partial charge < -0.3 is 15.3 Å². The maximum absolute atomic E-state index is 11.6. The Balaban J connectivity index is 4.06. The largest absolute Gasteiger partial charge is 0.480 e. The van der Waals surface area contributed by atoms with Crippen molar-refractivity contribution in [2.75, 3.05) is 25.1 Å². The van der Waals surface area contributed by atoms with Gasteiger partial charge in [0, 0.05) is 25.1 Å². The zero-order chi connectivity index (χ0) is 13.5. The van der Waals surface area contributed by atoms with E-state index in [0.29, 0.717) is 6.54 Å². The van der Waals surface area contributed by atoms with Crippen LogP contribution in [-0.2, 0) is 4.79 Å². The summed E-state index contributed by atoms with van der Waals surface area (Å²) in [5.41, 5.74) is -1.21. The van der Waals surface area contributed by atoms with Crippen molar-refractivity contribution in [3.63, 3.8) is 0 Å². The highest BCUT2D eigenvalue weighted by atomic mass is 32.2. The molecule has 0 saturated carbocycles. The van der Waals surface area contributed by atoms with Gasteiger partial charge >= 0.3 is 12.0 Å². The Morgan fingerprint density at radius 3 is 2.59 bits per heavy atom. The summed E-state index contributed by atoms with van der Waals surface area (Å²) in [6, 6.07) is -0.378. The van der Waals surface area contributed by atoms with Gasteiger partial charge in [-0.15, -0.1) is 6.58 Å². The van der Waals surface area contributed by atoms with Gasteiger partial charge in [0.05, 0.1) is 0 Å². The fraction of sp³-hybridized carbons (Fsp3) is 0.636. The summed E-state index contributed by atoms with van der Waals surface area (Å²) in [5, 5.41) is 11.6. The minimum absolute atomic E-state index is 0.378. The van der Waals surface area contributed by atoms with E-state index < -0.39 is 11.5 Å². The van der Waals surface area contributed by atoms with Gasteiger partial charge in [-0.2, -0.15) is 11.8 Å². The number of nitrogens with one attached hydrogen (secondary N) is 1. The first-order valence-electron chi connectivity index (χ1n) is 5.27. The summed E-state index contributed by atoms with van der Waals surface area (Å²) in [7, 11) is 1.47. The highest BCUT2D eigenvalue weighted by molar-refractivity contribution is 7.99. The summed E-state index contributed by atoms with van der Waals surface area (Å²) in [6.07, 6.45) is 1.80. The second-order valence-corrected chi connectivity index (χ2v) is 5.17. The first kappa shape index (κ1) is 15.8. The van der Waals surface area contributed by atoms with E-state index in [-0.39, 0.29) is 6.03 Å². The number of nitrogens with zero attached hydrogens (tertiary/aromatic N) is 1. The number of thioether (sulfide) groups is 1. The highest BCUT2D eigenvalue weighted by Crippen LogP contribution is 2.12. The molecule has 0 saturated heterocycles. The molecule has 0 heterocycles. The molecule has 2 N–H and O–H groups in total. The molecule has 0 rings (SSSR count). The number of hydrogen-bond donors (Lipinski definition) is 2. The van der Waals surface area contributed by atoms with Crippen molar-refractivity contribution in [2.24, 2.45) is 0 Å². The summed E-state index contributed by atoms with van der Waals surface area (Å²) < 4.78 is 0. The van der Waals surface area contributed by atoms with Crippen LogP contribution in [-0.4, -0.2) is 52.6 Å². The van der Waals surface area contributed by atoms with Gasteiger partial charge in [-0.1, -0.05) is 6.08 Å². The maximum Gasteiger partial charge on any atom is 0.329 e. The molecule has 0 aromatic heterocycles. The van der Waals surface area contributed by atoms with Crippen molar-refractivity contribution in [3.8, 4) is 0 Å². The second kappa shape index (κ2) is 7.21. The molecule has 0 bridgehead atoms. The Bertz CT molecular complexity index is 292. The SMILES string of the molecule is C=CCSCCNC(=O)N(C)C(C)(C)C(=O)O. The Kier molecular flexibility index (Phi) is 6.72. The monoisotopic (exact) mass is 260 g/mol. The van der Waals surface area contributed by atoms with Crippen LogP contribution in [0.25, 0.3) is 0 Å². The number of aliphatic carboxylic acids is 1. The lowest BCUT2D eigenvalue weighted by Crippen LogP contribution is -2.54. The summed E-state index contributed by atoms with van der Waals surface area (Å²) >= 11 is 1.65. The van der Waals surface area contributed by atoms with Gasteiger partial charge in [0.1, 0.15) is 5.54 Å². The Hall–Kier alpha value is -1.17. The van der Waals surface area contributed by atoms with Gasteiger partial charge in [0.15, 0.2) is 0 Å². The van der Waals surface area contributed by atoms with E-state index in [9.17, 15) is 9.59 Å². The predicted molar refractivity (Wildman–Crippen MR) is 70.4 cm³/mol. The molecule has 0 aliphatic rings. The van der Waals surface area contributed by atoms with E-state index in [4.69, 9.17) is 5.11 Å². The normalized spacial score (nSPS) is 10.8. The van der Waals surface area contributed by atoms with Crippen LogP contribution >= 0.6 is 11.8 Å². The number of carboxylic acid groups (broad SMARTS) is 1. The number of urea groups is 1. The molecule has 6 heteroatoms. The fourth-order valence-corrected chi connectivity index (χ4v) is 1.49. The Morgan fingerprint density at radius 2 is 2.12 bits per heavy atom. The molecular formula is C11H20N2O3S. The topological polar surface area (TPSA) is 69.6 Å². The molecule has 0 unspecified atom stereocenters. The molecular weight excluding hydrogens is 240 g/mol. The number of rotatable bonds is 7. The van der Waals surface area contributed by atoms with E-state index >= 15 is 0 Å². The standard InChI is InChI=1S/C11H20N2O3S/c1-5-7-17-8-6-12-10(16)13(4)11(2,3)9(14)15/h5H,1,6-8H2,2-4H3,(H,12,16)(H,14,15). The number of amides is 2. The minimum atomic E-state index is -1.21. The van der Waals surface area contributed by atoms with Gasteiger partial charge in [-0.05, 0) is 13.8 Å². The molecule has 0 aromatic rings. The van der Waals surface area contributed by atoms with Crippen LogP contribution in [0.5, 0.6) is 0 Å². The zero-order valence-corrected chi connectivity index (χ0v) is 11.3. The van der Waals surface area contributed by atoms with Gasteiger partial charge in [0.25, 0.3) is 0 Å². The number of carbonyl (C=O) groups excluding carboxylic acids is 1. The van der Waals surface area contributed by atoms with Crippen LogP contribution in [0.15, 0.2) is 12.7 Å². The van der Waals surface area contributed by atoms with E-state index in [0.717, 1.165) is 11.5 Å². The number of hydrogen-bond acceptors (Lipinski definition) is 3. The van der Waals surface area contributed by atoms with E-state index in [2.05, 4.69) is 11.9 Å². The molecule has 5 nitrogen and oxygen atoms in total. The molecule has 0 aromatic carbocycles. The van der Waals surface area contributed by atoms with E-state index in [1.165, 1.54) is 25.8 Å². The van der Waals surface area contributed by atoms with Gasteiger partial charge in [-0.25, -0.2) is 9.59 Å². The predicted octanol–water partition coefficient (Wildman–Crippen LogP) is 1.41. The second-order valence-electron chi connectivity index (χ2n) is 4.02. The molecule has 0 aliphatic heterocycles. The molecule has 0 spiro atoms. The molecule has 0 fully saturated rings. The Morgan fingerprint density at radius 1 is 1.53 bits per heavy atom. The Labute approximate surface area is 106 Å². The van der Waals surface area contributed by atoms with Crippen LogP contribution in [0, 0.1) is 0 Å². The van der Waals surface area contributed by atoms with Crippen molar-refractivity contribution in [1.29, 1.82) is 0 Å². The number of carboxylic acids is 1. The van der Waals surface area contributed by atoms with Crippen molar-refractivity contribution in [2.45, 2.75) is 19.4 Å². The number of likely N-dealkylation sites (N-methyl/N-ethyl adjacent to an activating group) is 1. The van der Waals surface area contributed by atoms with Crippen LogP contribution in [0.4, 0.5) is 4.79 Å². The lowest BCUT2D eigenvalue weighted by molar-refractivity contribution is -0.146. The van der Waals surface area contributed by atoms with Gasteiger partial charge in [0.2, 0.25) is 0 Å². The lowest BCUT2D eigenvalue weighted by atomic mass is 10.1. The average molecular weight is 260 g/mol. The van der Waals surface area contributed by atoms with Gasteiger partial charge in [-0.3, -0.25) is 0 Å². The van der Waals surface area contributed by atoms with Crippen LogP contribution in [0.1, 0.15) is 13.8 Å². The number of carbonyl (C=O) groups is 2. The van der Waals surface area contributed by atoms with Crippen molar-refractivity contribution >= 4 is 23.8 Å². The third-order valence-corrected chi connectivity index (χ3v) is 3.39. The van der Waals surface area contributed by atoms with Crippen molar-refractivity contribution < 1.29 is 14.7 Å². The highest BCUT2D eigenvalue weighted by Gasteiger charge is 2.34. The smallest absolute Gasteiger partial charge is 0.329 e. The molecule has 17 heavy (non-hydrogen) atoms. The average Bonchev–Trinajstić information content (AvgIpc) is 2.27. The third-order valence-electron chi connectivity index (χ3n) is 2.42. The summed E-state index contributed by atoms with van der Waals surface area (Å²) in [6.45, 7) is 7.08. The molecule has 0 radical (unpaired) electrons. The summed E-state index contributed by atoms with van der Waals surface area (Å²) in [5.74, 6) is 0.585. The van der Waals surface area contributed by atoms with Crippen LogP contribution in [0.3, 0.4) is 0 Å². The molecule has 0 aliphatic carbocycles. The van der Waals surface area contributed by atoms with E-state index in [1.54, 1.807) is 17.8 Å². The first-order chi connectivity index (χ1) is 7.84. The fourth-order valence-electron chi connectivity index (χ4n) is 0.913. The van der Waals surface area contributed by atoms with Crippen LogP contribution < -0.4 is 5.32 Å². The first-order valence-corrected chi connectivity index (χ1v) is 6.43. The quantitative estimate of drug-likeness (QED) is 0.536. The third kappa shape index (κ3) is 5.12. The van der Waals surface area contributed by atoms with Crippen molar-refractivity contribution in [3.05, 3.63) is 12.7 Å². The van der Waals surface area contributed by atoms with Crippen LogP contribution in [0.2, 0.25) is 0 Å². The maximum atomic E-state index is 11.6. The molecule has 0 atom stereocenters. The molecule has 98 valence electrons.